The molecule has 0 amide bonds. The van der Waals surface area contributed by atoms with E-state index in [9.17, 15) is 0 Å². The van der Waals surface area contributed by atoms with Gasteiger partial charge in [-0.2, -0.15) is 5.10 Å². The topological polar surface area (TPSA) is 29.9 Å². The maximum Gasteiger partial charge on any atom is 0.0861 e. The predicted octanol–water partition coefficient (Wildman–Crippen LogP) is 2.55. The van der Waals surface area contributed by atoms with Crippen molar-refractivity contribution in [1.82, 2.24) is 15.1 Å². The van der Waals surface area contributed by atoms with Gasteiger partial charge in [-0.15, -0.1) is 11.3 Å². The van der Waals surface area contributed by atoms with Gasteiger partial charge in [0.25, 0.3) is 0 Å². The van der Waals surface area contributed by atoms with Gasteiger partial charge in [-0.25, -0.2) is 0 Å². The Bertz CT molecular complexity index is 409. The van der Waals surface area contributed by atoms with Crippen LogP contribution in [0.25, 0.3) is 0 Å². The highest BCUT2D eigenvalue weighted by Gasteiger charge is 2.16. The van der Waals surface area contributed by atoms with E-state index in [2.05, 4.69) is 38.5 Å². The van der Waals surface area contributed by atoms with Crippen molar-refractivity contribution in [2.24, 2.45) is 7.05 Å². The Kier molecular flexibility index (Phi) is 3.23. The zero-order valence-corrected chi connectivity index (χ0v) is 11.0. The van der Waals surface area contributed by atoms with E-state index in [1.54, 1.807) is 11.3 Å². The van der Waals surface area contributed by atoms with Gasteiger partial charge in [0.1, 0.15) is 0 Å². The number of halogens is 1. The molecule has 2 heterocycles. The summed E-state index contributed by atoms with van der Waals surface area (Å²) in [5.74, 6) is 0. The Morgan fingerprint density at radius 1 is 1.47 bits per heavy atom. The normalized spacial score (nSPS) is 13.0. The van der Waals surface area contributed by atoms with Crippen LogP contribution in [0.2, 0.25) is 0 Å². The number of aryl methyl sites for hydroxylation is 1. The van der Waals surface area contributed by atoms with Crippen molar-refractivity contribution in [1.29, 1.82) is 0 Å². The maximum absolute atomic E-state index is 4.41. The fraction of sp³-hybridized carbons (Fsp3) is 0.300. The number of nitrogens with zero attached hydrogens (tertiary/aromatic N) is 2. The summed E-state index contributed by atoms with van der Waals surface area (Å²) in [5, 5.41) is 7.69. The lowest BCUT2D eigenvalue weighted by atomic mass is 10.2. The molecule has 0 fully saturated rings. The van der Waals surface area contributed by atoms with E-state index in [1.165, 1.54) is 4.88 Å². The van der Waals surface area contributed by atoms with Crippen molar-refractivity contribution in [3.8, 4) is 0 Å². The Morgan fingerprint density at radius 3 is 2.73 bits per heavy atom. The highest BCUT2D eigenvalue weighted by Crippen LogP contribution is 2.30. The quantitative estimate of drug-likeness (QED) is 0.939. The Labute approximate surface area is 101 Å². The zero-order chi connectivity index (χ0) is 10.8. The highest BCUT2D eigenvalue weighted by molar-refractivity contribution is 9.11. The second-order valence-electron chi connectivity index (χ2n) is 3.28. The molecular weight excluding hydrogens is 274 g/mol. The first kappa shape index (κ1) is 10.9. The minimum Gasteiger partial charge on any atom is -0.307 e. The van der Waals surface area contributed by atoms with Crippen molar-refractivity contribution in [2.45, 2.75) is 6.04 Å². The van der Waals surface area contributed by atoms with E-state index in [1.807, 2.05) is 31.0 Å². The van der Waals surface area contributed by atoms with Gasteiger partial charge in [0.15, 0.2) is 0 Å². The van der Waals surface area contributed by atoms with Crippen molar-refractivity contribution in [2.75, 3.05) is 7.05 Å². The van der Waals surface area contributed by atoms with Gasteiger partial charge < -0.3 is 5.32 Å². The molecule has 1 atom stereocenters. The molecule has 0 saturated carbocycles. The van der Waals surface area contributed by atoms with Crippen LogP contribution in [0.15, 0.2) is 28.2 Å². The van der Waals surface area contributed by atoms with Crippen molar-refractivity contribution < 1.29 is 0 Å². The van der Waals surface area contributed by atoms with Gasteiger partial charge in [0.05, 0.1) is 15.5 Å². The second kappa shape index (κ2) is 4.47. The largest absolute Gasteiger partial charge is 0.307 e. The van der Waals surface area contributed by atoms with Crippen molar-refractivity contribution in [3.63, 3.8) is 0 Å². The van der Waals surface area contributed by atoms with Crippen LogP contribution in [-0.2, 0) is 7.05 Å². The SMILES string of the molecule is CNC(c1ccn(C)n1)c1ccc(Br)s1. The van der Waals surface area contributed by atoms with E-state index in [4.69, 9.17) is 0 Å². The van der Waals surface area contributed by atoms with E-state index < -0.39 is 0 Å². The average Bonchev–Trinajstić information content (AvgIpc) is 2.78. The molecule has 3 nitrogen and oxygen atoms in total. The Morgan fingerprint density at radius 2 is 2.27 bits per heavy atom. The number of hydrogen-bond donors (Lipinski definition) is 1. The molecule has 0 aromatic carbocycles. The van der Waals surface area contributed by atoms with E-state index in [0.29, 0.717) is 0 Å². The first-order valence-electron chi connectivity index (χ1n) is 4.62. The van der Waals surface area contributed by atoms with Crippen LogP contribution >= 0.6 is 27.3 Å². The average molecular weight is 286 g/mol. The molecule has 1 unspecified atom stereocenters. The number of aromatic nitrogens is 2. The Balaban J connectivity index is 2.32. The summed E-state index contributed by atoms with van der Waals surface area (Å²) in [6.45, 7) is 0. The van der Waals surface area contributed by atoms with Crippen LogP contribution < -0.4 is 5.32 Å². The molecule has 0 spiro atoms. The summed E-state index contributed by atoms with van der Waals surface area (Å²) in [5.41, 5.74) is 1.05. The molecule has 1 N–H and O–H groups in total. The fourth-order valence-corrected chi connectivity index (χ4v) is 3.05. The minimum absolute atomic E-state index is 0.183. The van der Waals surface area contributed by atoms with Crippen molar-refractivity contribution >= 4 is 27.3 Å². The zero-order valence-electron chi connectivity index (χ0n) is 8.57. The van der Waals surface area contributed by atoms with E-state index in [0.717, 1.165) is 9.48 Å². The van der Waals surface area contributed by atoms with Gasteiger partial charge in [-0.05, 0) is 41.2 Å². The summed E-state index contributed by atoms with van der Waals surface area (Å²) in [6, 6.07) is 6.40. The van der Waals surface area contributed by atoms with Gasteiger partial charge in [0.2, 0.25) is 0 Å². The smallest absolute Gasteiger partial charge is 0.0861 e. The number of nitrogens with one attached hydrogen (secondary N) is 1. The number of hydrogen-bond acceptors (Lipinski definition) is 3. The molecule has 0 saturated heterocycles. The molecular formula is C10H12BrN3S. The van der Waals surface area contributed by atoms with Crippen LogP contribution in [-0.4, -0.2) is 16.8 Å². The third-order valence-corrected chi connectivity index (χ3v) is 3.89. The molecule has 0 bridgehead atoms. The summed E-state index contributed by atoms with van der Waals surface area (Å²) >= 11 is 5.20. The number of rotatable bonds is 3. The molecule has 2 rings (SSSR count). The van der Waals surface area contributed by atoms with Gasteiger partial charge in [-0.3, -0.25) is 4.68 Å². The van der Waals surface area contributed by atoms with E-state index >= 15 is 0 Å². The molecule has 2 aromatic heterocycles. The lowest BCUT2D eigenvalue weighted by Crippen LogP contribution is -2.17. The van der Waals surface area contributed by atoms with Crippen LogP contribution in [0.3, 0.4) is 0 Å². The monoisotopic (exact) mass is 285 g/mol. The van der Waals surface area contributed by atoms with Crippen molar-refractivity contribution in [3.05, 3.63) is 38.8 Å². The molecule has 5 heteroatoms. The van der Waals surface area contributed by atoms with Crippen LogP contribution in [0.5, 0.6) is 0 Å². The van der Waals surface area contributed by atoms with Crippen LogP contribution in [0, 0.1) is 0 Å². The standard InChI is InChI=1S/C10H12BrN3S/c1-12-10(7-5-6-14(2)13-7)8-3-4-9(11)15-8/h3-6,10,12H,1-2H3. The molecule has 80 valence electrons. The fourth-order valence-electron chi connectivity index (χ4n) is 1.51. The third-order valence-electron chi connectivity index (χ3n) is 2.20. The van der Waals surface area contributed by atoms with Crippen LogP contribution in [0.1, 0.15) is 16.6 Å². The summed E-state index contributed by atoms with van der Waals surface area (Å²) in [6.07, 6.45) is 1.96. The first-order chi connectivity index (χ1) is 7.20. The van der Waals surface area contributed by atoms with E-state index in [-0.39, 0.29) is 6.04 Å². The Hall–Kier alpha value is -0.650. The molecule has 0 aliphatic heterocycles. The predicted molar refractivity (Wildman–Crippen MR) is 66.1 cm³/mol. The third kappa shape index (κ3) is 2.30. The number of thiophene rings is 1. The van der Waals surface area contributed by atoms with Gasteiger partial charge in [-0.1, -0.05) is 0 Å². The molecule has 2 aromatic rings. The highest BCUT2D eigenvalue weighted by atomic mass is 79.9. The molecule has 0 radical (unpaired) electrons. The van der Waals surface area contributed by atoms with Gasteiger partial charge in [0, 0.05) is 18.1 Å². The molecule has 15 heavy (non-hydrogen) atoms. The second-order valence-corrected chi connectivity index (χ2v) is 5.77. The first-order valence-corrected chi connectivity index (χ1v) is 6.23. The molecule has 0 aliphatic rings. The van der Waals surface area contributed by atoms with Gasteiger partial charge >= 0.3 is 0 Å². The summed E-state index contributed by atoms with van der Waals surface area (Å²) < 4.78 is 2.97. The maximum atomic E-state index is 4.41. The minimum atomic E-state index is 0.183. The lowest BCUT2D eigenvalue weighted by molar-refractivity contribution is 0.650. The van der Waals surface area contributed by atoms with Crippen LogP contribution in [0.4, 0.5) is 0 Å². The summed E-state index contributed by atoms with van der Waals surface area (Å²) in [4.78, 5) is 1.27. The molecule has 0 aliphatic carbocycles. The summed E-state index contributed by atoms with van der Waals surface area (Å²) in [7, 11) is 3.88. The lowest BCUT2D eigenvalue weighted by Gasteiger charge is -2.11.